The molecule has 0 saturated carbocycles. The summed E-state index contributed by atoms with van der Waals surface area (Å²) in [7, 11) is 0. The summed E-state index contributed by atoms with van der Waals surface area (Å²) in [5.41, 5.74) is 0.882. The number of hydrogen-bond donors (Lipinski definition) is 2. The Labute approximate surface area is 123 Å². The van der Waals surface area contributed by atoms with E-state index in [2.05, 4.69) is 5.32 Å². The highest BCUT2D eigenvalue weighted by atomic mass is 16.5. The first kappa shape index (κ1) is 15.1. The molecule has 1 unspecified atom stereocenters. The van der Waals surface area contributed by atoms with Gasteiger partial charge >= 0.3 is 0 Å². The Bertz CT molecular complexity index is 548. The number of rotatable bonds is 7. The molecule has 112 valence electrons. The van der Waals surface area contributed by atoms with Crippen LogP contribution in [0.4, 0.5) is 0 Å². The van der Waals surface area contributed by atoms with E-state index in [9.17, 15) is 9.90 Å². The van der Waals surface area contributed by atoms with Gasteiger partial charge in [0.05, 0.1) is 25.9 Å². The van der Waals surface area contributed by atoms with E-state index < -0.39 is 6.04 Å². The lowest BCUT2D eigenvalue weighted by atomic mass is 10.1. The Kier molecular flexibility index (Phi) is 5.40. The summed E-state index contributed by atoms with van der Waals surface area (Å²) in [6.07, 6.45) is 1.75. The summed E-state index contributed by atoms with van der Waals surface area (Å²) >= 11 is 0. The summed E-state index contributed by atoms with van der Waals surface area (Å²) < 4.78 is 10.5. The van der Waals surface area contributed by atoms with Crippen LogP contribution >= 0.6 is 0 Å². The van der Waals surface area contributed by atoms with E-state index >= 15 is 0 Å². The van der Waals surface area contributed by atoms with Crippen LogP contribution < -0.4 is 10.1 Å². The Balaban J connectivity index is 1.91. The van der Waals surface area contributed by atoms with E-state index in [0.717, 1.165) is 11.3 Å². The molecule has 1 atom stereocenters. The van der Waals surface area contributed by atoms with Gasteiger partial charge in [-0.3, -0.25) is 4.79 Å². The monoisotopic (exact) mass is 289 g/mol. The maximum Gasteiger partial charge on any atom is 0.225 e. The standard InChI is InChI=1S/C16H19NO4/c1-2-20-13-7-5-12(6-8-13)10-16(19)17-14(11-18)15-4-3-9-21-15/h3-9,14,18H,2,10-11H2,1H3,(H,17,19). The molecule has 2 N–H and O–H groups in total. The van der Waals surface area contributed by atoms with E-state index in [1.54, 1.807) is 12.1 Å². The molecule has 0 spiro atoms. The van der Waals surface area contributed by atoms with Gasteiger partial charge in [-0.05, 0) is 36.8 Å². The van der Waals surface area contributed by atoms with Gasteiger partial charge in [0.2, 0.25) is 5.91 Å². The van der Waals surface area contributed by atoms with Gasteiger partial charge in [-0.2, -0.15) is 0 Å². The van der Waals surface area contributed by atoms with Crippen LogP contribution in [0.25, 0.3) is 0 Å². The average Bonchev–Trinajstić information content (AvgIpc) is 3.01. The number of nitrogens with one attached hydrogen (secondary N) is 1. The third kappa shape index (κ3) is 4.36. The molecule has 0 bridgehead atoms. The minimum atomic E-state index is -0.518. The van der Waals surface area contributed by atoms with E-state index in [1.165, 1.54) is 6.26 Å². The smallest absolute Gasteiger partial charge is 0.225 e. The van der Waals surface area contributed by atoms with Crippen molar-refractivity contribution in [3.05, 3.63) is 54.0 Å². The van der Waals surface area contributed by atoms with E-state index in [-0.39, 0.29) is 18.9 Å². The zero-order valence-corrected chi connectivity index (χ0v) is 11.9. The van der Waals surface area contributed by atoms with Crippen LogP contribution in [0.3, 0.4) is 0 Å². The molecular weight excluding hydrogens is 270 g/mol. The summed E-state index contributed by atoms with van der Waals surface area (Å²) in [5.74, 6) is 1.15. The van der Waals surface area contributed by atoms with Crippen LogP contribution in [-0.2, 0) is 11.2 Å². The number of hydrogen-bond acceptors (Lipinski definition) is 4. The molecule has 1 aromatic carbocycles. The fraction of sp³-hybridized carbons (Fsp3) is 0.312. The molecule has 0 radical (unpaired) electrons. The Morgan fingerprint density at radius 3 is 2.67 bits per heavy atom. The molecule has 1 amide bonds. The molecule has 21 heavy (non-hydrogen) atoms. The number of carbonyl (C=O) groups excluding carboxylic acids is 1. The van der Waals surface area contributed by atoms with Gasteiger partial charge in [0.1, 0.15) is 17.6 Å². The van der Waals surface area contributed by atoms with Crippen molar-refractivity contribution in [2.24, 2.45) is 0 Å². The largest absolute Gasteiger partial charge is 0.494 e. The number of amides is 1. The molecule has 0 aliphatic carbocycles. The topological polar surface area (TPSA) is 71.7 Å². The van der Waals surface area contributed by atoms with Crippen molar-refractivity contribution in [1.29, 1.82) is 0 Å². The van der Waals surface area contributed by atoms with Crippen LogP contribution in [-0.4, -0.2) is 24.2 Å². The third-order valence-electron chi connectivity index (χ3n) is 3.00. The van der Waals surface area contributed by atoms with Crippen LogP contribution in [0, 0.1) is 0 Å². The lowest BCUT2D eigenvalue weighted by Gasteiger charge is -2.14. The van der Waals surface area contributed by atoms with Crippen LogP contribution in [0.15, 0.2) is 47.1 Å². The zero-order chi connectivity index (χ0) is 15.1. The fourth-order valence-electron chi connectivity index (χ4n) is 2.00. The van der Waals surface area contributed by atoms with Crippen molar-refractivity contribution in [2.45, 2.75) is 19.4 Å². The van der Waals surface area contributed by atoms with E-state index in [0.29, 0.717) is 12.4 Å². The maximum atomic E-state index is 12.0. The Hall–Kier alpha value is -2.27. The minimum Gasteiger partial charge on any atom is -0.494 e. The molecular formula is C16H19NO4. The highest BCUT2D eigenvalue weighted by Crippen LogP contribution is 2.15. The summed E-state index contributed by atoms with van der Waals surface area (Å²) in [4.78, 5) is 12.0. The summed E-state index contributed by atoms with van der Waals surface area (Å²) in [5, 5.41) is 12.1. The van der Waals surface area contributed by atoms with Gasteiger partial charge in [0.15, 0.2) is 0 Å². The second-order valence-electron chi connectivity index (χ2n) is 4.57. The first-order valence-electron chi connectivity index (χ1n) is 6.88. The van der Waals surface area contributed by atoms with Gasteiger partial charge in [0.25, 0.3) is 0 Å². The molecule has 2 aromatic rings. The van der Waals surface area contributed by atoms with E-state index in [1.807, 2.05) is 31.2 Å². The number of carbonyl (C=O) groups is 1. The zero-order valence-electron chi connectivity index (χ0n) is 11.9. The Morgan fingerprint density at radius 2 is 2.10 bits per heavy atom. The molecule has 5 nitrogen and oxygen atoms in total. The molecule has 0 fully saturated rings. The highest BCUT2D eigenvalue weighted by molar-refractivity contribution is 5.79. The maximum absolute atomic E-state index is 12.0. The molecule has 0 aliphatic heterocycles. The molecule has 1 heterocycles. The number of aliphatic hydroxyl groups is 1. The second-order valence-corrected chi connectivity index (χ2v) is 4.57. The van der Waals surface area contributed by atoms with Crippen molar-refractivity contribution >= 4 is 5.91 Å². The lowest BCUT2D eigenvalue weighted by Crippen LogP contribution is -2.31. The van der Waals surface area contributed by atoms with Crippen molar-refractivity contribution in [3.63, 3.8) is 0 Å². The van der Waals surface area contributed by atoms with Crippen molar-refractivity contribution in [1.82, 2.24) is 5.32 Å². The van der Waals surface area contributed by atoms with Crippen LogP contribution in [0.2, 0.25) is 0 Å². The molecule has 2 rings (SSSR count). The van der Waals surface area contributed by atoms with Gasteiger partial charge in [-0.1, -0.05) is 12.1 Å². The van der Waals surface area contributed by atoms with Crippen molar-refractivity contribution in [3.8, 4) is 5.75 Å². The predicted molar refractivity (Wildman–Crippen MR) is 78.0 cm³/mol. The first-order chi connectivity index (χ1) is 10.2. The van der Waals surface area contributed by atoms with Gasteiger partial charge in [-0.15, -0.1) is 0 Å². The van der Waals surface area contributed by atoms with Gasteiger partial charge < -0.3 is 19.6 Å². The highest BCUT2D eigenvalue weighted by Gasteiger charge is 2.16. The number of aliphatic hydroxyl groups excluding tert-OH is 1. The SMILES string of the molecule is CCOc1ccc(CC(=O)NC(CO)c2ccco2)cc1. The predicted octanol–water partition coefficient (Wildman–Crippen LogP) is 2.07. The Morgan fingerprint density at radius 1 is 1.33 bits per heavy atom. The molecule has 0 saturated heterocycles. The van der Waals surface area contributed by atoms with Crippen LogP contribution in [0.1, 0.15) is 24.3 Å². The molecule has 1 aromatic heterocycles. The van der Waals surface area contributed by atoms with Crippen LogP contribution in [0.5, 0.6) is 5.75 Å². The molecule has 5 heteroatoms. The average molecular weight is 289 g/mol. The number of benzene rings is 1. The quantitative estimate of drug-likeness (QED) is 0.818. The first-order valence-corrected chi connectivity index (χ1v) is 6.88. The normalized spacial score (nSPS) is 11.9. The van der Waals surface area contributed by atoms with Gasteiger partial charge in [0, 0.05) is 0 Å². The fourth-order valence-corrected chi connectivity index (χ4v) is 2.00. The number of ether oxygens (including phenoxy) is 1. The third-order valence-corrected chi connectivity index (χ3v) is 3.00. The second kappa shape index (κ2) is 7.50. The van der Waals surface area contributed by atoms with Crippen molar-refractivity contribution in [2.75, 3.05) is 13.2 Å². The van der Waals surface area contributed by atoms with Crippen molar-refractivity contribution < 1.29 is 19.1 Å². The minimum absolute atomic E-state index is 0.172. The van der Waals surface area contributed by atoms with E-state index in [4.69, 9.17) is 9.15 Å². The van der Waals surface area contributed by atoms with Gasteiger partial charge in [-0.25, -0.2) is 0 Å². The molecule has 0 aliphatic rings. The summed E-state index contributed by atoms with van der Waals surface area (Å²) in [6, 6.07) is 10.3. The summed E-state index contributed by atoms with van der Waals surface area (Å²) in [6.45, 7) is 2.33. The number of furan rings is 1. The lowest BCUT2D eigenvalue weighted by molar-refractivity contribution is -0.121.